The number of hydrogen-bond donors (Lipinski definition) is 2. The van der Waals surface area contributed by atoms with Crippen LogP contribution in [-0.4, -0.2) is 41.4 Å². The third-order valence-corrected chi connectivity index (χ3v) is 4.42. The predicted octanol–water partition coefficient (Wildman–Crippen LogP) is 0.746. The molecule has 2 heterocycles. The minimum absolute atomic E-state index is 0.150. The van der Waals surface area contributed by atoms with Gasteiger partial charge in [0.25, 0.3) is 11.5 Å². The highest BCUT2D eigenvalue weighted by atomic mass is 16.2. The first-order chi connectivity index (χ1) is 12.5. The molecule has 1 aliphatic rings. The number of aromatic nitrogens is 2. The number of anilines is 1. The van der Waals surface area contributed by atoms with E-state index in [4.69, 9.17) is 0 Å². The second-order valence-corrected chi connectivity index (χ2v) is 6.31. The Morgan fingerprint density at radius 1 is 1.27 bits per heavy atom. The predicted molar refractivity (Wildman–Crippen MR) is 97.1 cm³/mol. The normalized spacial score (nSPS) is 16.3. The fourth-order valence-electron chi connectivity index (χ4n) is 2.91. The largest absolute Gasteiger partial charge is 0.370 e. The maximum absolute atomic E-state index is 11.9. The first-order valence-electron chi connectivity index (χ1n) is 8.45. The number of urea groups is 1. The summed E-state index contributed by atoms with van der Waals surface area (Å²) >= 11 is 0. The van der Waals surface area contributed by atoms with E-state index in [1.165, 1.54) is 4.68 Å². The van der Waals surface area contributed by atoms with Crippen LogP contribution in [-0.2, 0) is 7.05 Å². The van der Waals surface area contributed by atoms with Gasteiger partial charge in [-0.3, -0.25) is 14.9 Å². The van der Waals surface area contributed by atoms with E-state index in [0.29, 0.717) is 12.1 Å². The van der Waals surface area contributed by atoms with E-state index in [-0.39, 0.29) is 11.5 Å². The van der Waals surface area contributed by atoms with Crippen LogP contribution in [0.1, 0.15) is 16.8 Å². The van der Waals surface area contributed by atoms with E-state index >= 15 is 0 Å². The number of carbonyl (C=O) groups is 2. The average molecular weight is 355 g/mol. The number of nitrogens with zero attached hydrogens (tertiary/aromatic N) is 3. The van der Waals surface area contributed by atoms with Gasteiger partial charge < -0.3 is 10.2 Å². The number of carbonyl (C=O) groups excluding carboxylic acids is 2. The third-order valence-electron chi connectivity index (χ3n) is 4.42. The molecule has 3 rings (SSSR count). The summed E-state index contributed by atoms with van der Waals surface area (Å²) < 4.78 is 1.28. The highest BCUT2D eigenvalue weighted by molar-refractivity contribution is 6.04. The van der Waals surface area contributed by atoms with E-state index in [1.54, 1.807) is 49.6 Å². The molecule has 0 spiro atoms. The van der Waals surface area contributed by atoms with Gasteiger partial charge in [0, 0.05) is 38.3 Å². The molecule has 0 saturated carbocycles. The smallest absolute Gasteiger partial charge is 0.321 e. The monoisotopic (exact) mass is 355 g/mol. The van der Waals surface area contributed by atoms with Gasteiger partial charge in [-0.15, -0.1) is 0 Å². The molecule has 2 aromatic rings. The molecular formula is C18H21N5O3. The Hall–Kier alpha value is -3.16. The quantitative estimate of drug-likeness (QED) is 0.844. The first kappa shape index (κ1) is 17.7. The molecule has 1 atom stereocenters. The number of imide groups is 1. The van der Waals surface area contributed by atoms with Crippen LogP contribution >= 0.6 is 0 Å². The van der Waals surface area contributed by atoms with Crippen LogP contribution < -0.4 is 21.1 Å². The number of nitrogens with one attached hydrogen (secondary N) is 2. The van der Waals surface area contributed by atoms with Crippen molar-refractivity contribution in [2.45, 2.75) is 6.42 Å². The molecule has 0 aliphatic carbocycles. The molecule has 8 heteroatoms. The van der Waals surface area contributed by atoms with Crippen molar-refractivity contribution < 1.29 is 9.59 Å². The molecule has 136 valence electrons. The molecule has 26 heavy (non-hydrogen) atoms. The summed E-state index contributed by atoms with van der Waals surface area (Å²) in [7, 11) is 1.61. The van der Waals surface area contributed by atoms with E-state index in [9.17, 15) is 14.4 Å². The Kier molecular flexibility index (Phi) is 5.31. The molecule has 0 radical (unpaired) electrons. The molecule has 1 aromatic carbocycles. The molecule has 1 unspecified atom stereocenters. The Balaban J connectivity index is 1.47. The zero-order chi connectivity index (χ0) is 18.5. The Morgan fingerprint density at radius 2 is 2.04 bits per heavy atom. The fraction of sp³-hybridized carbons (Fsp3) is 0.333. The average Bonchev–Trinajstić information content (AvgIpc) is 3.12. The van der Waals surface area contributed by atoms with E-state index in [0.717, 1.165) is 25.2 Å². The zero-order valence-corrected chi connectivity index (χ0v) is 14.5. The summed E-state index contributed by atoms with van der Waals surface area (Å²) in [4.78, 5) is 37.6. The van der Waals surface area contributed by atoms with Crippen LogP contribution in [0, 0.1) is 5.92 Å². The number of amides is 3. The Labute approximate surface area is 150 Å². The van der Waals surface area contributed by atoms with Gasteiger partial charge >= 0.3 is 6.03 Å². The summed E-state index contributed by atoms with van der Waals surface area (Å²) in [6.07, 6.45) is 2.56. The lowest BCUT2D eigenvalue weighted by atomic mass is 10.1. The molecule has 0 bridgehead atoms. The summed E-state index contributed by atoms with van der Waals surface area (Å²) in [5.74, 6) is -0.181. The van der Waals surface area contributed by atoms with Gasteiger partial charge in [0.05, 0.1) is 11.9 Å². The second kappa shape index (κ2) is 7.81. The fourth-order valence-corrected chi connectivity index (χ4v) is 2.91. The maximum atomic E-state index is 11.9. The van der Waals surface area contributed by atoms with Gasteiger partial charge in [0.1, 0.15) is 0 Å². The van der Waals surface area contributed by atoms with Crippen molar-refractivity contribution >= 4 is 17.6 Å². The van der Waals surface area contributed by atoms with Crippen molar-refractivity contribution in [3.05, 3.63) is 58.5 Å². The van der Waals surface area contributed by atoms with Crippen LogP contribution in [0.4, 0.5) is 10.5 Å². The van der Waals surface area contributed by atoms with Gasteiger partial charge in [0.2, 0.25) is 0 Å². The van der Waals surface area contributed by atoms with Crippen LogP contribution in [0.15, 0.2) is 47.4 Å². The molecule has 8 nitrogen and oxygen atoms in total. The molecule has 1 saturated heterocycles. The van der Waals surface area contributed by atoms with Crippen molar-refractivity contribution in [1.29, 1.82) is 0 Å². The van der Waals surface area contributed by atoms with Crippen LogP contribution in [0.25, 0.3) is 0 Å². The lowest BCUT2D eigenvalue weighted by molar-refractivity contribution is 0.0963. The summed E-state index contributed by atoms with van der Waals surface area (Å²) in [5, 5.41) is 9.09. The molecule has 1 aliphatic heterocycles. The summed E-state index contributed by atoms with van der Waals surface area (Å²) in [6, 6.07) is 9.64. The van der Waals surface area contributed by atoms with E-state index in [2.05, 4.69) is 20.6 Å². The van der Waals surface area contributed by atoms with Gasteiger partial charge in [-0.05, 0) is 24.5 Å². The number of rotatable bonds is 4. The maximum Gasteiger partial charge on any atom is 0.321 e. The highest BCUT2D eigenvalue weighted by Crippen LogP contribution is 2.21. The summed E-state index contributed by atoms with van der Waals surface area (Å²) in [6.45, 7) is 1.98. The minimum atomic E-state index is -0.507. The van der Waals surface area contributed by atoms with Crippen molar-refractivity contribution in [2.24, 2.45) is 13.0 Å². The van der Waals surface area contributed by atoms with E-state index < -0.39 is 11.9 Å². The standard InChI is InChI=1S/C18H21N5O3/c1-22-16(24)9-15(11-20-22)23-8-7-13(12-23)10-19-18(26)21-17(25)14-5-3-2-4-6-14/h2-6,9,11,13H,7-8,10,12H2,1H3,(H2,19,21,25,26). The second-order valence-electron chi connectivity index (χ2n) is 6.31. The van der Waals surface area contributed by atoms with Gasteiger partial charge in [-0.1, -0.05) is 18.2 Å². The van der Waals surface area contributed by atoms with Crippen molar-refractivity contribution in [3.8, 4) is 0 Å². The first-order valence-corrected chi connectivity index (χ1v) is 8.45. The molecule has 1 fully saturated rings. The zero-order valence-electron chi connectivity index (χ0n) is 14.5. The van der Waals surface area contributed by atoms with E-state index in [1.807, 2.05) is 0 Å². The number of hydrogen-bond acceptors (Lipinski definition) is 5. The number of aryl methyl sites for hydroxylation is 1. The topological polar surface area (TPSA) is 96.3 Å². The van der Waals surface area contributed by atoms with Gasteiger partial charge in [-0.2, -0.15) is 5.10 Å². The van der Waals surface area contributed by atoms with Gasteiger partial charge in [0.15, 0.2) is 0 Å². The minimum Gasteiger partial charge on any atom is -0.370 e. The van der Waals surface area contributed by atoms with Crippen molar-refractivity contribution in [3.63, 3.8) is 0 Å². The SMILES string of the molecule is Cn1ncc(N2CCC(CNC(=O)NC(=O)c3ccccc3)C2)cc1=O. The lowest BCUT2D eigenvalue weighted by Gasteiger charge is -2.18. The van der Waals surface area contributed by atoms with Crippen LogP contribution in [0.3, 0.4) is 0 Å². The molecule has 2 N–H and O–H groups in total. The van der Waals surface area contributed by atoms with Gasteiger partial charge in [-0.25, -0.2) is 9.48 Å². The Morgan fingerprint density at radius 3 is 2.77 bits per heavy atom. The highest BCUT2D eigenvalue weighted by Gasteiger charge is 2.24. The third kappa shape index (κ3) is 4.27. The molecule has 3 amide bonds. The number of benzene rings is 1. The molecule has 1 aromatic heterocycles. The van der Waals surface area contributed by atoms with Crippen molar-refractivity contribution in [1.82, 2.24) is 20.4 Å². The summed E-state index contributed by atoms with van der Waals surface area (Å²) in [5.41, 5.74) is 1.08. The Bertz CT molecular complexity index is 849. The molecular weight excluding hydrogens is 334 g/mol. The van der Waals surface area contributed by atoms with Crippen LogP contribution in [0.2, 0.25) is 0 Å². The lowest BCUT2D eigenvalue weighted by Crippen LogP contribution is -2.41. The van der Waals surface area contributed by atoms with Crippen LogP contribution in [0.5, 0.6) is 0 Å². The van der Waals surface area contributed by atoms with Crippen molar-refractivity contribution in [2.75, 3.05) is 24.5 Å².